The number of rotatable bonds is 3. The number of para-hydroxylation sites is 1. The molecule has 0 atom stereocenters. The molecule has 0 N–H and O–H groups in total. The van der Waals surface area contributed by atoms with E-state index in [2.05, 4.69) is 0 Å². The van der Waals surface area contributed by atoms with Crippen LogP contribution in [0.15, 0.2) is 48.5 Å². The maximum absolute atomic E-state index is 12.9. The standard InChI is InChI=1S/C21H19NO5/c1-25-15-8-9-17-14(10-15)11-18-21(19(23)26-2,20(24)27-3)12-13-6-4-5-7-16(13)22(17)18/h4-11H,12H2,1-3H3. The quantitative estimate of drug-likeness (QED) is 0.527. The zero-order valence-electron chi connectivity index (χ0n) is 15.3. The van der Waals surface area contributed by atoms with Gasteiger partial charge in [-0.3, -0.25) is 9.59 Å². The summed E-state index contributed by atoms with van der Waals surface area (Å²) in [6.45, 7) is 0. The number of esters is 2. The lowest BCUT2D eigenvalue weighted by Gasteiger charge is -2.34. The van der Waals surface area contributed by atoms with Gasteiger partial charge in [-0.15, -0.1) is 0 Å². The van der Waals surface area contributed by atoms with Crippen molar-refractivity contribution in [3.8, 4) is 11.4 Å². The van der Waals surface area contributed by atoms with Gasteiger partial charge in [-0.2, -0.15) is 0 Å². The Balaban J connectivity index is 2.13. The second-order valence-corrected chi connectivity index (χ2v) is 6.48. The molecule has 27 heavy (non-hydrogen) atoms. The van der Waals surface area contributed by atoms with Crippen LogP contribution in [0.5, 0.6) is 5.75 Å². The number of nitrogens with zero attached hydrogens (tertiary/aromatic N) is 1. The number of carbonyl (C=O) groups is 2. The molecule has 0 bridgehead atoms. The van der Waals surface area contributed by atoms with E-state index in [1.807, 2.05) is 53.1 Å². The van der Waals surface area contributed by atoms with Crippen molar-refractivity contribution in [2.75, 3.05) is 21.3 Å². The number of carbonyl (C=O) groups excluding carboxylic acids is 2. The van der Waals surface area contributed by atoms with Crippen molar-refractivity contribution in [2.45, 2.75) is 11.8 Å². The van der Waals surface area contributed by atoms with Crippen LogP contribution in [0.3, 0.4) is 0 Å². The highest BCUT2D eigenvalue weighted by Crippen LogP contribution is 2.43. The Morgan fingerprint density at radius 1 is 0.963 bits per heavy atom. The van der Waals surface area contributed by atoms with Gasteiger partial charge in [0, 0.05) is 17.5 Å². The fraction of sp³-hybridized carbons (Fsp3) is 0.238. The average molecular weight is 365 g/mol. The molecule has 0 radical (unpaired) electrons. The van der Waals surface area contributed by atoms with Gasteiger partial charge >= 0.3 is 11.9 Å². The Bertz CT molecular complexity index is 1050. The largest absolute Gasteiger partial charge is 0.497 e. The van der Waals surface area contributed by atoms with Crippen molar-refractivity contribution >= 4 is 22.8 Å². The van der Waals surface area contributed by atoms with E-state index in [4.69, 9.17) is 14.2 Å². The summed E-state index contributed by atoms with van der Waals surface area (Å²) in [5.74, 6) is -0.583. The molecule has 2 heterocycles. The summed E-state index contributed by atoms with van der Waals surface area (Å²) >= 11 is 0. The molecule has 138 valence electrons. The maximum atomic E-state index is 12.9. The Hall–Kier alpha value is -3.28. The van der Waals surface area contributed by atoms with Crippen LogP contribution >= 0.6 is 0 Å². The molecule has 0 unspecified atom stereocenters. The van der Waals surface area contributed by atoms with Crippen molar-refractivity contribution in [1.82, 2.24) is 4.57 Å². The Labute approximate surface area is 156 Å². The molecule has 0 spiro atoms. The van der Waals surface area contributed by atoms with Gasteiger partial charge in [0.05, 0.1) is 32.5 Å². The molecule has 0 saturated heterocycles. The highest BCUT2D eigenvalue weighted by Gasteiger charge is 2.54. The number of hydrogen-bond acceptors (Lipinski definition) is 5. The normalized spacial score (nSPS) is 14.2. The number of fused-ring (bicyclic) bond motifs is 5. The van der Waals surface area contributed by atoms with E-state index >= 15 is 0 Å². The third-order valence-corrected chi connectivity index (χ3v) is 5.20. The van der Waals surface area contributed by atoms with Crippen LogP contribution in [0.2, 0.25) is 0 Å². The predicted octanol–water partition coefficient (Wildman–Crippen LogP) is 2.78. The minimum Gasteiger partial charge on any atom is -0.497 e. The summed E-state index contributed by atoms with van der Waals surface area (Å²) < 4.78 is 17.4. The second-order valence-electron chi connectivity index (χ2n) is 6.48. The number of aromatic nitrogens is 1. The van der Waals surface area contributed by atoms with E-state index in [0.29, 0.717) is 11.4 Å². The van der Waals surface area contributed by atoms with Crippen LogP contribution in [0.4, 0.5) is 0 Å². The van der Waals surface area contributed by atoms with Crippen molar-refractivity contribution < 1.29 is 23.8 Å². The average Bonchev–Trinajstić information content (AvgIpc) is 3.11. The zero-order chi connectivity index (χ0) is 19.2. The van der Waals surface area contributed by atoms with Crippen LogP contribution in [-0.4, -0.2) is 37.8 Å². The monoisotopic (exact) mass is 365 g/mol. The van der Waals surface area contributed by atoms with Crippen LogP contribution in [0, 0.1) is 0 Å². The third kappa shape index (κ3) is 2.26. The van der Waals surface area contributed by atoms with Crippen LogP contribution in [0.25, 0.3) is 16.6 Å². The van der Waals surface area contributed by atoms with E-state index in [-0.39, 0.29) is 6.42 Å². The van der Waals surface area contributed by atoms with Crippen molar-refractivity contribution in [2.24, 2.45) is 0 Å². The number of ether oxygens (including phenoxy) is 3. The predicted molar refractivity (Wildman–Crippen MR) is 99.2 cm³/mol. The van der Waals surface area contributed by atoms with E-state index in [1.54, 1.807) is 7.11 Å². The molecule has 6 nitrogen and oxygen atoms in total. The topological polar surface area (TPSA) is 66.8 Å². The minimum absolute atomic E-state index is 0.177. The SMILES string of the molecule is COC(=O)C1(C(=O)OC)Cc2ccccc2-n2c1cc1cc(OC)ccc12. The highest BCUT2D eigenvalue weighted by molar-refractivity contribution is 6.08. The van der Waals surface area contributed by atoms with Crippen molar-refractivity contribution in [3.05, 3.63) is 59.8 Å². The number of benzene rings is 2. The van der Waals surface area contributed by atoms with Gasteiger partial charge in [-0.05, 0) is 35.9 Å². The lowest BCUT2D eigenvalue weighted by atomic mass is 9.75. The molecule has 1 aliphatic rings. The molecule has 3 aromatic rings. The minimum atomic E-state index is -1.57. The fourth-order valence-corrected chi connectivity index (χ4v) is 3.93. The molecule has 0 fully saturated rings. The first-order valence-corrected chi connectivity index (χ1v) is 8.52. The first-order valence-electron chi connectivity index (χ1n) is 8.52. The lowest BCUT2D eigenvalue weighted by Crippen LogP contribution is -2.50. The second kappa shape index (κ2) is 6.16. The summed E-state index contributed by atoms with van der Waals surface area (Å²) in [4.78, 5) is 25.8. The van der Waals surface area contributed by atoms with E-state index in [0.717, 1.165) is 22.2 Å². The Morgan fingerprint density at radius 3 is 2.33 bits per heavy atom. The number of hydrogen-bond donors (Lipinski definition) is 0. The summed E-state index contributed by atoms with van der Waals surface area (Å²) in [7, 11) is 4.16. The van der Waals surface area contributed by atoms with E-state index < -0.39 is 17.4 Å². The fourth-order valence-electron chi connectivity index (χ4n) is 3.93. The first-order chi connectivity index (χ1) is 13.1. The summed E-state index contributed by atoms with van der Waals surface area (Å²) in [5, 5.41) is 0.859. The van der Waals surface area contributed by atoms with Crippen LogP contribution in [0.1, 0.15) is 11.3 Å². The summed E-state index contributed by atoms with van der Waals surface area (Å²) in [6, 6.07) is 15.2. The zero-order valence-corrected chi connectivity index (χ0v) is 15.3. The van der Waals surface area contributed by atoms with E-state index in [9.17, 15) is 9.59 Å². The van der Waals surface area contributed by atoms with Gasteiger partial charge in [-0.1, -0.05) is 18.2 Å². The van der Waals surface area contributed by atoms with Crippen LogP contribution in [-0.2, 0) is 30.9 Å². The third-order valence-electron chi connectivity index (χ3n) is 5.20. The molecule has 6 heteroatoms. The van der Waals surface area contributed by atoms with Gasteiger partial charge in [-0.25, -0.2) is 0 Å². The highest BCUT2D eigenvalue weighted by atomic mass is 16.5. The molecule has 0 saturated carbocycles. The molecular formula is C21H19NO5. The van der Waals surface area contributed by atoms with E-state index in [1.165, 1.54) is 14.2 Å². The van der Waals surface area contributed by atoms with Gasteiger partial charge in [0.25, 0.3) is 0 Å². The molecule has 4 rings (SSSR count). The summed E-state index contributed by atoms with van der Waals surface area (Å²) in [5.41, 5.74) is 1.63. The van der Waals surface area contributed by atoms with Gasteiger partial charge in [0.2, 0.25) is 5.41 Å². The Kier molecular flexibility index (Phi) is 3.91. The number of methoxy groups -OCH3 is 3. The Morgan fingerprint density at radius 2 is 1.67 bits per heavy atom. The van der Waals surface area contributed by atoms with Gasteiger partial charge in [0.15, 0.2) is 0 Å². The maximum Gasteiger partial charge on any atom is 0.329 e. The molecular weight excluding hydrogens is 346 g/mol. The first kappa shape index (κ1) is 17.1. The molecule has 2 aromatic carbocycles. The van der Waals surface area contributed by atoms with Crippen molar-refractivity contribution in [1.29, 1.82) is 0 Å². The van der Waals surface area contributed by atoms with Gasteiger partial charge < -0.3 is 18.8 Å². The molecule has 1 aliphatic heterocycles. The smallest absolute Gasteiger partial charge is 0.329 e. The molecule has 0 aliphatic carbocycles. The molecule has 0 amide bonds. The van der Waals surface area contributed by atoms with Crippen molar-refractivity contribution in [3.63, 3.8) is 0 Å². The molecule has 1 aromatic heterocycles. The van der Waals surface area contributed by atoms with Gasteiger partial charge in [0.1, 0.15) is 5.75 Å². The lowest BCUT2D eigenvalue weighted by molar-refractivity contribution is -0.162. The summed E-state index contributed by atoms with van der Waals surface area (Å²) in [6.07, 6.45) is 0.177. The van der Waals surface area contributed by atoms with Crippen LogP contribution < -0.4 is 4.74 Å².